The number of benzene rings is 1. The standard InChI is InChI=1S/C16H20N2/c1-13-12-14(18-10-3-2-4-11-18)7-8-15(13)16-6-5-9-17-16/h5-9,12,17H,2-4,10-11H2,1H3. The molecule has 2 aromatic rings. The largest absolute Gasteiger partial charge is 0.372 e. The van der Waals surface area contributed by atoms with Crippen LogP contribution in [0.4, 0.5) is 5.69 Å². The molecule has 1 saturated heterocycles. The number of H-pyrrole nitrogens is 1. The number of aromatic nitrogens is 1. The molecule has 2 heterocycles. The lowest BCUT2D eigenvalue weighted by atomic mass is 10.0. The van der Waals surface area contributed by atoms with E-state index in [1.807, 2.05) is 12.3 Å². The highest BCUT2D eigenvalue weighted by Gasteiger charge is 2.12. The normalized spacial score (nSPS) is 15.9. The quantitative estimate of drug-likeness (QED) is 0.841. The number of rotatable bonds is 2. The Morgan fingerprint density at radius 3 is 2.56 bits per heavy atom. The van der Waals surface area contributed by atoms with Crippen LogP contribution in [0.5, 0.6) is 0 Å². The van der Waals surface area contributed by atoms with E-state index < -0.39 is 0 Å². The molecule has 3 rings (SSSR count). The van der Waals surface area contributed by atoms with Crippen LogP contribution in [-0.2, 0) is 0 Å². The van der Waals surface area contributed by atoms with E-state index in [-0.39, 0.29) is 0 Å². The first kappa shape index (κ1) is 11.4. The Balaban J connectivity index is 1.89. The van der Waals surface area contributed by atoms with Crippen molar-refractivity contribution in [3.63, 3.8) is 0 Å². The third-order valence-corrected chi connectivity index (χ3v) is 3.82. The fraction of sp³-hybridized carbons (Fsp3) is 0.375. The summed E-state index contributed by atoms with van der Waals surface area (Å²) in [5, 5.41) is 0. The van der Waals surface area contributed by atoms with Gasteiger partial charge in [-0.05, 0) is 56.0 Å². The van der Waals surface area contributed by atoms with Crippen LogP contribution in [0.1, 0.15) is 24.8 Å². The smallest absolute Gasteiger partial charge is 0.0456 e. The summed E-state index contributed by atoms with van der Waals surface area (Å²) in [5.74, 6) is 0. The van der Waals surface area contributed by atoms with Crippen molar-refractivity contribution >= 4 is 5.69 Å². The van der Waals surface area contributed by atoms with Crippen molar-refractivity contribution in [2.45, 2.75) is 26.2 Å². The fourth-order valence-corrected chi connectivity index (χ4v) is 2.80. The molecule has 1 aromatic carbocycles. The number of hydrogen-bond acceptors (Lipinski definition) is 1. The maximum Gasteiger partial charge on any atom is 0.0456 e. The summed E-state index contributed by atoms with van der Waals surface area (Å²) in [7, 11) is 0. The zero-order valence-corrected chi connectivity index (χ0v) is 10.9. The molecule has 1 N–H and O–H groups in total. The molecule has 1 aliphatic rings. The first-order valence-electron chi connectivity index (χ1n) is 6.84. The topological polar surface area (TPSA) is 19.0 Å². The van der Waals surface area contributed by atoms with Gasteiger partial charge in [0.1, 0.15) is 0 Å². The van der Waals surface area contributed by atoms with Crippen molar-refractivity contribution < 1.29 is 0 Å². The van der Waals surface area contributed by atoms with Crippen molar-refractivity contribution in [1.82, 2.24) is 4.98 Å². The van der Waals surface area contributed by atoms with Gasteiger partial charge in [-0.15, -0.1) is 0 Å². The lowest BCUT2D eigenvalue weighted by molar-refractivity contribution is 0.578. The fourth-order valence-electron chi connectivity index (χ4n) is 2.80. The predicted octanol–water partition coefficient (Wildman–Crippen LogP) is 3.98. The van der Waals surface area contributed by atoms with Crippen LogP contribution in [0.3, 0.4) is 0 Å². The van der Waals surface area contributed by atoms with Gasteiger partial charge in [0, 0.05) is 36.2 Å². The van der Waals surface area contributed by atoms with E-state index in [4.69, 9.17) is 0 Å². The Morgan fingerprint density at radius 2 is 1.89 bits per heavy atom. The molecular weight excluding hydrogens is 220 g/mol. The van der Waals surface area contributed by atoms with Crippen molar-refractivity contribution in [2.75, 3.05) is 18.0 Å². The molecule has 0 bridgehead atoms. The average Bonchev–Trinajstić information content (AvgIpc) is 2.93. The molecule has 0 saturated carbocycles. The number of nitrogens with one attached hydrogen (secondary N) is 1. The first-order chi connectivity index (χ1) is 8.84. The number of aromatic amines is 1. The average molecular weight is 240 g/mol. The van der Waals surface area contributed by atoms with Crippen LogP contribution < -0.4 is 4.90 Å². The molecule has 0 spiro atoms. The van der Waals surface area contributed by atoms with Crippen LogP contribution in [0, 0.1) is 6.92 Å². The van der Waals surface area contributed by atoms with Gasteiger partial charge >= 0.3 is 0 Å². The SMILES string of the molecule is Cc1cc(N2CCCCC2)ccc1-c1ccc[nH]1. The molecule has 1 fully saturated rings. The second-order valence-electron chi connectivity index (χ2n) is 5.13. The lowest BCUT2D eigenvalue weighted by Gasteiger charge is -2.29. The van der Waals surface area contributed by atoms with Crippen LogP contribution in [0.25, 0.3) is 11.3 Å². The summed E-state index contributed by atoms with van der Waals surface area (Å²) in [6, 6.07) is 11.0. The van der Waals surface area contributed by atoms with Crippen LogP contribution in [0.15, 0.2) is 36.5 Å². The van der Waals surface area contributed by atoms with E-state index in [0.717, 1.165) is 0 Å². The summed E-state index contributed by atoms with van der Waals surface area (Å²) in [6.45, 7) is 4.62. The van der Waals surface area contributed by atoms with Gasteiger partial charge in [-0.1, -0.05) is 6.07 Å². The Morgan fingerprint density at radius 1 is 1.06 bits per heavy atom. The van der Waals surface area contributed by atoms with Gasteiger partial charge in [0.2, 0.25) is 0 Å². The predicted molar refractivity (Wildman–Crippen MR) is 77.0 cm³/mol. The summed E-state index contributed by atoms with van der Waals surface area (Å²) in [4.78, 5) is 5.79. The second kappa shape index (κ2) is 4.89. The van der Waals surface area contributed by atoms with Crippen LogP contribution in [0.2, 0.25) is 0 Å². The molecule has 1 aromatic heterocycles. The molecule has 2 nitrogen and oxygen atoms in total. The van der Waals surface area contributed by atoms with Gasteiger partial charge in [0.05, 0.1) is 0 Å². The van der Waals surface area contributed by atoms with Gasteiger partial charge in [0.15, 0.2) is 0 Å². The first-order valence-corrected chi connectivity index (χ1v) is 6.84. The van der Waals surface area contributed by atoms with E-state index >= 15 is 0 Å². The van der Waals surface area contributed by atoms with Crippen LogP contribution >= 0.6 is 0 Å². The molecule has 0 aliphatic carbocycles. The van der Waals surface area contributed by atoms with Gasteiger partial charge < -0.3 is 9.88 Å². The van der Waals surface area contributed by atoms with Gasteiger partial charge in [-0.3, -0.25) is 0 Å². The number of hydrogen-bond donors (Lipinski definition) is 1. The van der Waals surface area contributed by atoms with E-state index in [0.29, 0.717) is 0 Å². The van der Waals surface area contributed by atoms with Crippen molar-refractivity contribution in [3.05, 3.63) is 42.1 Å². The summed E-state index contributed by atoms with van der Waals surface area (Å²) in [6.07, 6.45) is 6.03. The minimum atomic E-state index is 1.21. The molecule has 0 unspecified atom stereocenters. The van der Waals surface area contributed by atoms with Gasteiger partial charge in [-0.25, -0.2) is 0 Å². The summed E-state index contributed by atoms with van der Waals surface area (Å²) >= 11 is 0. The zero-order valence-electron chi connectivity index (χ0n) is 10.9. The Kier molecular flexibility index (Phi) is 3.09. The Bertz CT molecular complexity index is 508. The number of nitrogens with zero attached hydrogens (tertiary/aromatic N) is 1. The Labute approximate surface area is 109 Å². The van der Waals surface area contributed by atoms with E-state index in [2.05, 4.69) is 41.1 Å². The molecule has 0 radical (unpaired) electrons. The molecule has 0 atom stereocenters. The zero-order chi connectivity index (χ0) is 12.4. The minimum absolute atomic E-state index is 1.21. The molecule has 0 amide bonds. The maximum absolute atomic E-state index is 3.28. The van der Waals surface area contributed by atoms with Crippen molar-refractivity contribution in [3.8, 4) is 11.3 Å². The van der Waals surface area contributed by atoms with Crippen molar-refractivity contribution in [2.24, 2.45) is 0 Å². The highest BCUT2D eigenvalue weighted by atomic mass is 15.1. The Hall–Kier alpha value is -1.70. The lowest BCUT2D eigenvalue weighted by Crippen LogP contribution is -2.29. The molecule has 94 valence electrons. The third-order valence-electron chi connectivity index (χ3n) is 3.82. The van der Waals surface area contributed by atoms with Gasteiger partial charge in [-0.2, -0.15) is 0 Å². The molecule has 2 heteroatoms. The monoisotopic (exact) mass is 240 g/mol. The highest BCUT2D eigenvalue weighted by molar-refractivity contribution is 5.67. The highest BCUT2D eigenvalue weighted by Crippen LogP contribution is 2.27. The third kappa shape index (κ3) is 2.15. The molecular formula is C16H20N2. The summed E-state index contributed by atoms with van der Waals surface area (Å²) in [5.41, 5.74) is 5.24. The van der Waals surface area contributed by atoms with E-state index in [1.54, 1.807) is 0 Å². The second-order valence-corrected chi connectivity index (χ2v) is 5.13. The van der Waals surface area contributed by atoms with Crippen LogP contribution in [-0.4, -0.2) is 18.1 Å². The number of aryl methyl sites for hydroxylation is 1. The maximum atomic E-state index is 3.28. The molecule has 18 heavy (non-hydrogen) atoms. The van der Waals surface area contributed by atoms with E-state index in [9.17, 15) is 0 Å². The number of piperidine rings is 1. The van der Waals surface area contributed by atoms with E-state index in [1.165, 1.54) is 54.9 Å². The molecule has 1 aliphatic heterocycles. The van der Waals surface area contributed by atoms with Gasteiger partial charge in [0.25, 0.3) is 0 Å². The minimum Gasteiger partial charge on any atom is -0.372 e. The summed E-state index contributed by atoms with van der Waals surface area (Å²) < 4.78 is 0. The number of anilines is 1. The van der Waals surface area contributed by atoms with Crippen molar-refractivity contribution in [1.29, 1.82) is 0 Å².